The van der Waals surface area contributed by atoms with Gasteiger partial charge in [0.05, 0.1) is 11.3 Å². The first-order chi connectivity index (χ1) is 22.3. The van der Waals surface area contributed by atoms with Gasteiger partial charge in [0.25, 0.3) is 0 Å². The Morgan fingerprint density at radius 1 is 0.918 bits per heavy atom. The maximum atomic E-state index is 10.0. The normalized spacial score (nSPS) is 18.9. The Bertz CT molecular complexity index is 1840. The van der Waals surface area contributed by atoms with E-state index < -0.39 is 0 Å². The number of carbonyl (C=O) groups excluding carboxylic acids is 1. The summed E-state index contributed by atoms with van der Waals surface area (Å²) in [5.74, 6) is 0.523. The van der Waals surface area contributed by atoms with Crippen LogP contribution in [0, 0.1) is 36.2 Å². The van der Waals surface area contributed by atoms with Crippen LogP contribution in [0.1, 0.15) is 135 Å². The summed E-state index contributed by atoms with van der Waals surface area (Å²) in [6, 6.07) is 22.0. The molecular formula is C45H58IrNO2-. The molecule has 2 saturated carbocycles. The van der Waals surface area contributed by atoms with Gasteiger partial charge in [0.15, 0.2) is 5.78 Å². The van der Waals surface area contributed by atoms with Crippen LogP contribution in [-0.2, 0) is 30.3 Å². The quantitative estimate of drug-likeness (QED) is 0.127. The summed E-state index contributed by atoms with van der Waals surface area (Å²) in [6.45, 7) is 24.4. The van der Waals surface area contributed by atoms with Crippen LogP contribution >= 0.6 is 0 Å². The molecule has 2 aliphatic carbocycles. The monoisotopic (exact) mass is 837 g/mol. The van der Waals surface area contributed by atoms with Gasteiger partial charge < -0.3 is 5.11 Å². The fourth-order valence-electron chi connectivity index (χ4n) is 9.94. The van der Waals surface area contributed by atoms with Crippen LogP contribution in [0.3, 0.4) is 0 Å². The first kappa shape index (κ1) is 39.0. The molecule has 0 amide bonds. The van der Waals surface area contributed by atoms with Crippen molar-refractivity contribution in [1.29, 1.82) is 0 Å². The van der Waals surface area contributed by atoms with Crippen molar-refractivity contribution in [2.24, 2.45) is 16.2 Å². The van der Waals surface area contributed by atoms with E-state index in [1.807, 2.05) is 0 Å². The molecule has 0 bridgehead atoms. The molecule has 1 aromatic heterocycles. The van der Waals surface area contributed by atoms with Crippen molar-refractivity contribution in [2.75, 3.05) is 0 Å². The molecule has 2 fully saturated rings. The van der Waals surface area contributed by atoms with E-state index in [9.17, 15) is 4.79 Å². The molecule has 2 aliphatic rings. The third-order valence-corrected chi connectivity index (χ3v) is 10.7. The Morgan fingerprint density at radius 3 is 2.08 bits per heavy atom. The number of aliphatic hydroxyl groups is 1. The number of pyridine rings is 1. The minimum atomic E-state index is -0.125. The average molecular weight is 837 g/mol. The molecule has 49 heavy (non-hydrogen) atoms. The number of hydrogen-bond donors (Lipinski definition) is 1. The number of fused-ring (bicyclic) bond motifs is 2. The summed E-state index contributed by atoms with van der Waals surface area (Å²) < 4.78 is 0. The number of nitrogens with zero attached hydrogens (tertiary/aromatic N) is 1. The predicted octanol–water partition coefficient (Wildman–Crippen LogP) is 12.7. The molecule has 0 saturated heterocycles. The summed E-state index contributed by atoms with van der Waals surface area (Å²) >= 11 is 0. The van der Waals surface area contributed by atoms with E-state index in [1.54, 1.807) is 0 Å². The van der Waals surface area contributed by atoms with Crippen molar-refractivity contribution < 1.29 is 30.0 Å². The van der Waals surface area contributed by atoms with Gasteiger partial charge in [-0.25, -0.2) is 0 Å². The third kappa shape index (κ3) is 9.11. The van der Waals surface area contributed by atoms with Crippen molar-refractivity contribution in [1.82, 2.24) is 4.98 Å². The van der Waals surface area contributed by atoms with Crippen molar-refractivity contribution in [3.63, 3.8) is 0 Å². The summed E-state index contributed by atoms with van der Waals surface area (Å²) in [7, 11) is 0. The van der Waals surface area contributed by atoms with Crippen molar-refractivity contribution in [2.45, 2.75) is 132 Å². The van der Waals surface area contributed by atoms with Gasteiger partial charge in [0.2, 0.25) is 0 Å². The van der Waals surface area contributed by atoms with Crippen molar-refractivity contribution >= 4 is 27.5 Å². The minimum absolute atomic E-state index is 0. The molecular weight excluding hydrogens is 779 g/mol. The molecule has 1 spiro atoms. The van der Waals surface area contributed by atoms with Gasteiger partial charge >= 0.3 is 0 Å². The van der Waals surface area contributed by atoms with Crippen LogP contribution in [0.4, 0.5) is 0 Å². The summed E-state index contributed by atoms with van der Waals surface area (Å²) in [6.07, 6.45) is 10.6. The molecule has 1 N–H and O–H groups in total. The third-order valence-electron chi connectivity index (χ3n) is 10.7. The fourth-order valence-corrected chi connectivity index (χ4v) is 9.94. The Labute approximate surface area is 309 Å². The smallest absolute Gasteiger partial charge is 0.155 e. The Hall–Kier alpha value is -2.81. The SMILES string of the molecule is CC(=O)/C=C(/C)O.Cc1cc(C)c2c(C3CCC4(CC3)CC(C)(C)CC(C)(C)C4)cc(-c3[c-]c4ccccc4c(C(C)(C)C)c3)nc2c1.[Ir]. The predicted molar refractivity (Wildman–Crippen MR) is 204 cm³/mol. The van der Waals surface area contributed by atoms with Gasteiger partial charge in [-0.3, -0.25) is 9.78 Å². The van der Waals surface area contributed by atoms with E-state index in [4.69, 9.17) is 10.1 Å². The summed E-state index contributed by atoms with van der Waals surface area (Å²) in [5, 5.41) is 12.2. The maximum absolute atomic E-state index is 10.0. The van der Waals surface area contributed by atoms with E-state index in [0.29, 0.717) is 22.2 Å². The number of benzene rings is 3. The van der Waals surface area contributed by atoms with Gasteiger partial charge in [-0.15, -0.1) is 29.1 Å². The van der Waals surface area contributed by atoms with E-state index >= 15 is 0 Å². The molecule has 3 nitrogen and oxygen atoms in total. The van der Waals surface area contributed by atoms with E-state index in [0.717, 1.165) is 16.8 Å². The zero-order valence-corrected chi connectivity index (χ0v) is 34.3. The molecule has 4 aromatic rings. The molecule has 3 aromatic carbocycles. The maximum Gasteiger partial charge on any atom is 0.155 e. The van der Waals surface area contributed by atoms with Crippen molar-refractivity contribution in [3.8, 4) is 11.3 Å². The Kier molecular flexibility index (Phi) is 11.5. The van der Waals surface area contributed by atoms with Crippen LogP contribution < -0.4 is 0 Å². The second-order valence-corrected chi connectivity index (χ2v) is 18.0. The van der Waals surface area contributed by atoms with E-state index in [-0.39, 0.29) is 37.1 Å². The average Bonchev–Trinajstić information content (AvgIpc) is 2.93. The van der Waals surface area contributed by atoms with Crippen LogP contribution in [-0.4, -0.2) is 15.9 Å². The first-order valence-corrected chi connectivity index (χ1v) is 18.0. The number of aryl methyl sites for hydroxylation is 2. The number of allylic oxidation sites excluding steroid dienone is 2. The van der Waals surface area contributed by atoms with Gasteiger partial charge in [-0.1, -0.05) is 89.7 Å². The Morgan fingerprint density at radius 2 is 1.53 bits per heavy atom. The minimum Gasteiger partial charge on any atom is -0.512 e. The summed E-state index contributed by atoms with van der Waals surface area (Å²) in [5.41, 5.74) is 10.3. The van der Waals surface area contributed by atoms with Crippen molar-refractivity contribution in [3.05, 3.63) is 88.7 Å². The number of aliphatic hydroxyl groups excluding tert-OH is 1. The molecule has 0 aliphatic heterocycles. The second-order valence-electron chi connectivity index (χ2n) is 18.0. The number of rotatable bonds is 3. The zero-order valence-electron chi connectivity index (χ0n) is 31.9. The molecule has 4 heteroatoms. The molecule has 0 unspecified atom stereocenters. The number of ketones is 1. The van der Waals surface area contributed by atoms with Crippen LogP contribution in [0.25, 0.3) is 32.9 Å². The van der Waals surface area contributed by atoms with Crippen LogP contribution in [0.15, 0.2) is 60.4 Å². The molecule has 6 rings (SSSR count). The largest absolute Gasteiger partial charge is 0.512 e. The standard InChI is InChI=1S/C40H50N.C5H8O2.Ir/c1-26-18-27(2)36-32(28-14-16-40(17-15-28)24-38(6,7)23-39(8,9)25-40)22-34(41-35(36)19-26)30-20-29-12-10-11-13-31(29)33(21-30)37(3,4)5;1-4(6)3-5(2)7;/h10-13,18-19,21-22,28H,14-17,23-25H2,1-9H3;3,6H,1-2H3;/q-1;;/b;4-3-;. The van der Waals surface area contributed by atoms with E-state index in [2.05, 4.69) is 117 Å². The molecule has 265 valence electrons. The molecule has 1 radical (unpaired) electrons. The van der Waals surface area contributed by atoms with Gasteiger partial charge in [-0.2, -0.15) is 0 Å². The number of carbonyl (C=O) groups is 1. The van der Waals surface area contributed by atoms with Gasteiger partial charge in [0, 0.05) is 37.3 Å². The van der Waals surface area contributed by atoms with Crippen LogP contribution in [0.2, 0.25) is 0 Å². The van der Waals surface area contributed by atoms with Gasteiger partial charge in [0.1, 0.15) is 0 Å². The second kappa shape index (κ2) is 14.4. The zero-order chi connectivity index (χ0) is 35.2. The number of aromatic nitrogens is 1. The van der Waals surface area contributed by atoms with E-state index in [1.165, 1.54) is 103 Å². The fraction of sp³-hybridized carbons (Fsp3) is 0.511. The molecule has 1 heterocycles. The van der Waals surface area contributed by atoms with Gasteiger partial charge in [-0.05, 0) is 123 Å². The topological polar surface area (TPSA) is 50.2 Å². The molecule has 0 atom stereocenters. The van der Waals surface area contributed by atoms with Crippen LogP contribution in [0.5, 0.6) is 0 Å². The first-order valence-electron chi connectivity index (χ1n) is 18.0. The summed E-state index contributed by atoms with van der Waals surface area (Å²) in [4.78, 5) is 15.4. The Balaban J connectivity index is 0.000000613. The number of hydrogen-bond acceptors (Lipinski definition) is 3.